The second-order valence-corrected chi connectivity index (χ2v) is 6.65. The van der Waals surface area contributed by atoms with Crippen molar-refractivity contribution in [3.8, 4) is 0 Å². The van der Waals surface area contributed by atoms with Crippen LogP contribution in [0.15, 0.2) is 18.2 Å². The molecule has 0 saturated heterocycles. The van der Waals surface area contributed by atoms with Gasteiger partial charge >= 0.3 is 0 Å². The first kappa shape index (κ1) is 14.3. The monoisotopic (exact) mass is 285 g/mol. The molecule has 3 heteroatoms. The van der Waals surface area contributed by atoms with Crippen LogP contribution in [-0.4, -0.2) is 11.7 Å². The van der Waals surface area contributed by atoms with Gasteiger partial charge in [0.05, 0.1) is 0 Å². The fourth-order valence-corrected chi connectivity index (χ4v) is 3.93. The highest BCUT2D eigenvalue weighted by Gasteiger charge is 2.41. The van der Waals surface area contributed by atoms with Crippen molar-refractivity contribution in [2.45, 2.75) is 46.0 Å². The Morgan fingerprint density at radius 1 is 1.10 bits per heavy atom. The van der Waals surface area contributed by atoms with Crippen LogP contribution in [0.2, 0.25) is 0 Å². The van der Waals surface area contributed by atoms with Crippen molar-refractivity contribution in [1.82, 2.24) is 0 Å². The SMILES string of the molecule is Cc1cccc(C)c1NC(=O)C1C[C@H]2CCC[C@@H](C1)C2=O. The van der Waals surface area contributed by atoms with Crippen LogP contribution in [-0.2, 0) is 9.59 Å². The molecule has 1 aromatic rings. The topological polar surface area (TPSA) is 46.2 Å². The lowest BCUT2D eigenvalue weighted by Gasteiger charge is -2.37. The zero-order valence-corrected chi connectivity index (χ0v) is 12.8. The standard InChI is InChI=1S/C18H23NO2/c1-11-5-3-6-12(2)16(11)19-18(21)15-9-13-7-4-8-14(10-15)17(13)20/h3,5-6,13-15H,4,7-10H2,1-2H3,(H,19,21)/t13-,14+,15?. The van der Waals surface area contributed by atoms with Crippen molar-refractivity contribution < 1.29 is 9.59 Å². The zero-order valence-electron chi connectivity index (χ0n) is 12.8. The maximum absolute atomic E-state index is 12.6. The van der Waals surface area contributed by atoms with Gasteiger partial charge in [0.2, 0.25) is 5.91 Å². The van der Waals surface area contributed by atoms with Gasteiger partial charge in [0.25, 0.3) is 0 Å². The van der Waals surface area contributed by atoms with Gasteiger partial charge in [-0.1, -0.05) is 24.6 Å². The van der Waals surface area contributed by atoms with Crippen LogP contribution in [0, 0.1) is 31.6 Å². The predicted octanol–water partition coefficient (Wildman–Crippen LogP) is 3.64. The molecular weight excluding hydrogens is 262 g/mol. The molecule has 2 aliphatic carbocycles. The summed E-state index contributed by atoms with van der Waals surface area (Å²) in [6.45, 7) is 4.03. The summed E-state index contributed by atoms with van der Waals surface area (Å²) in [4.78, 5) is 24.7. The summed E-state index contributed by atoms with van der Waals surface area (Å²) in [5.41, 5.74) is 3.12. The van der Waals surface area contributed by atoms with E-state index in [0.29, 0.717) is 5.78 Å². The molecule has 2 saturated carbocycles. The lowest BCUT2D eigenvalue weighted by Crippen LogP contribution is -2.40. The number of carbonyl (C=O) groups is 2. The Labute approximate surface area is 126 Å². The molecule has 0 heterocycles. The van der Waals surface area contributed by atoms with E-state index in [1.165, 1.54) is 0 Å². The summed E-state index contributed by atoms with van der Waals surface area (Å²) >= 11 is 0. The normalized spacial score (nSPS) is 28.3. The smallest absolute Gasteiger partial charge is 0.227 e. The number of ketones is 1. The van der Waals surface area contributed by atoms with Crippen molar-refractivity contribution in [3.63, 3.8) is 0 Å². The summed E-state index contributed by atoms with van der Waals surface area (Å²) < 4.78 is 0. The number of amides is 1. The molecule has 2 aliphatic rings. The number of carbonyl (C=O) groups excluding carboxylic acids is 2. The highest BCUT2D eigenvalue weighted by atomic mass is 16.2. The van der Waals surface area contributed by atoms with Crippen molar-refractivity contribution in [3.05, 3.63) is 29.3 Å². The van der Waals surface area contributed by atoms with Crippen molar-refractivity contribution >= 4 is 17.4 Å². The van der Waals surface area contributed by atoms with Gasteiger partial charge in [-0.15, -0.1) is 0 Å². The quantitative estimate of drug-likeness (QED) is 0.901. The third kappa shape index (κ3) is 2.74. The molecule has 1 N–H and O–H groups in total. The number of rotatable bonds is 2. The average Bonchev–Trinajstić information content (AvgIpc) is 2.42. The van der Waals surface area contributed by atoms with Crippen molar-refractivity contribution in [2.24, 2.45) is 17.8 Å². The number of aryl methyl sites for hydroxylation is 2. The van der Waals surface area contributed by atoms with E-state index in [9.17, 15) is 9.59 Å². The molecule has 3 atom stereocenters. The zero-order chi connectivity index (χ0) is 15.0. The summed E-state index contributed by atoms with van der Waals surface area (Å²) in [6.07, 6.45) is 4.58. The largest absolute Gasteiger partial charge is 0.325 e. The van der Waals surface area contributed by atoms with Gasteiger partial charge in [0.1, 0.15) is 5.78 Å². The minimum absolute atomic E-state index is 0.00277. The molecule has 2 fully saturated rings. The highest BCUT2D eigenvalue weighted by molar-refractivity contribution is 5.96. The van der Waals surface area contributed by atoms with E-state index in [1.54, 1.807) is 0 Å². The maximum atomic E-state index is 12.6. The van der Waals surface area contributed by atoms with E-state index in [4.69, 9.17) is 0 Å². The summed E-state index contributed by atoms with van der Waals surface area (Å²) in [5.74, 6) is 0.767. The molecule has 112 valence electrons. The Kier molecular flexibility index (Phi) is 3.83. The average molecular weight is 285 g/mol. The number of hydrogen-bond donors (Lipinski definition) is 1. The van der Waals surface area contributed by atoms with Crippen LogP contribution in [0.3, 0.4) is 0 Å². The summed E-state index contributed by atoms with van der Waals surface area (Å²) in [7, 11) is 0. The van der Waals surface area contributed by atoms with Crippen molar-refractivity contribution in [1.29, 1.82) is 0 Å². The Bertz CT molecular complexity index is 542. The van der Waals surface area contributed by atoms with Gasteiger partial charge < -0.3 is 5.32 Å². The Morgan fingerprint density at radius 2 is 1.67 bits per heavy atom. The number of hydrogen-bond acceptors (Lipinski definition) is 2. The molecule has 1 aromatic carbocycles. The lowest BCUT2D eigenvalue weighted by molar-refractivity contribution is -0.136. The minimum Gasteiger partial charge on any atom is -0.325 e. The van der Waals surface area contributed by atoms with Gasteiger partial charge in [-0.25, -0.2) is 0 Å². The third-order valence-electron chi connectivity index (χ3n) is 5.15. The van der Waals surface area contributed by atoms with E-state index >= 15 is 0 Å². The highest BCUT2D eigenvalue weighted by Crippen LogP contribution is 2.40. The van der Waals surface area contributed by atoms with Crippen LogP contribution in [0.25, 0.3) is 0 Å². The molecule has 0 spiro atoms. The molecule has 0 aliphatic heterocycles. The molecule has 2 bridgehead atoms. The second kappa shape index (κ2) is 5.63. The molecular formula is C18H23NO2. The maximum Gasteiger partial charge on any atom is 0.227 e. The summed E-state index contributed by atoms with van der Waals surface area (Å²) in [5, 5.41) is 3.10. The van der Waals surface area contributed by atoms with Crippen LogP contribution in [0.5, 0.6) is 0 Å². The van der Waals surface area contributed by atoms with Crippen molar-refractivity contribution in [2.75, 3.05) is 5.32 Å². The van der Waals surface area contributed by atoms with Gasteiger partial charge in [0, 0.05) is 23.4 Å². The predicted molar refractivity (Wildman–Crippen MR) is 83.1 cm³/mol. The number of anilines is 1. The van der Waals surface area contributed by atoms with Crippen LogP contribution in [0.1, 0.15) is 43.2 Å². The first-order valence-electron chi connectivity index (χ1n) is 7.97. The molecule has 3 nitrogen and oxygen atoms in total. The Hall–Kier alpha value is -1.64. The van der Waals surface area contributed by atoms with Gasteiger partial charge in [-0.2, -0.15) is 0 Å². The van der Waals surface area contributed by atoms with Gasteiger partial charge in [-0.3, -0.25) is 9.59 Å². The molecule has 21 heavy (non-hydrogen) atoms. The summed E-state index contributed by atoms with van der Waals surface area (Å²) in [6, 6.07) is 6.04. The first-order chi connectivity index (χ1) is 10.1. The van der Waals surface area contributed by atoms with E-state index in [1.807, 2.05) is 32.0 Å². The number of fused-ring (bicyclic) bond motifs is 2. The van der Waals surface area contributed by atoms with E-state index in [2.05, 4.69) is 5.32 Å². The Morgan fingerprint density at radius 3 is 2.24 bits per heavy atom. The molecule has 1 unspecified atom stereocenters. The minimum atomic E-state index is -0.00277. The number of nitrogens with one attached hydrogen (secondary N) is 1. The number of Topliss-reactive ketones (excluding diaryl/α,β-unsaturated/α-hetero) is 1. The van der Waals surface area contributed by atoms with E-state index in [0.717, 1.165) is 48.9 Å². The molecule has 3 rings (SSSR count). The number of para-hydroxylation sites is 1. The van der Waals surface area contributed by atoms with E-state index < -0.39 is 0 Å². The van der Waals surface area contributed by atoms with Crippen LogP contribution in [0.4, 0.5) is 5.69 Å². The van der Waals surface area contributed by atoms with Crippen LogP contribution >= 0.6 is 0 Å². The fourth-order valence-electron chi connectivity index (χ4n) is 3.93. The third-order valence-corrected chi connectivity index (χ3v) is 5.15. The fraction of sp³-hybridized carbons (Fsp3) is 0.556. The Balaban J connectivity index is 1.73. The molecule has 0 aromatic heterocycles. The number of benzene rings is 1. The first-order valence-corrected chi connectivity index (χ1v) is 7.97. The second-order valence-electron chi connectivity index (χ2n) is 6.65. The molecule has 0 radical (unpaired) electrons. The van der Waals surface area contributed by atoms with Crippen LogP contribution < -0.4 is 5.32 Å². The lowest BCUT2D eigenvalue weighted by atomic mass is 9.67. The molecule has 1 amide bonds. The van der Waals surface area contributed by atoms with Gasteiger partial charge in [-0.05, 0) is 50.7 Å². The van der Waals surface area contributed by atoms with E-state index in [-0.39, 0.29) is 23.7 Å². The van der Waals surface area contributed by atoms with Gasteiger partial charge in [0.15, 0.2) is 0 Å².